The van der Waals surface area contributed by atoms with Crippen LogP contribution in [0.4, 0.5) is 0 Å². The van der Waals surface area contributed by atoms with Gasteiger partial charge in [-0.2, -0.15) is 0 Å². The van der Waals surface area contributed by atoms with Crippen LogP contribution in [-0.2, 0) is 5.60 Å². The molecule has 0 heterocycles. The van der Waals surface area contributed by atoms with Gasteiger partial charge in [-0.25, -0.2) is 0 Å². The topological polar surface area (TPSA) is 32.3 Å². The first-order valence-electron chi connectivity index (χ1n) is 8.78. The Morgan fingerprint density at radius 1 is 0.957 bits per heavy atom. The van der Waals surface area contributed by atoms with Crippen LogP contribution in [0.1, 0.15) is 43.7 Å². The first-order valence-corrected chi connectivity index (χ1v) is 8.78. The summed E-state index contributed by atoms with van der Waals surface area (Å²) in [6, 6.07) is 20.7. The van der Waals surface area contributed by atoms with Crippen LogP contribution in [0.3, 0.4) is 0 Å². The minimum atomic E-state index is -0.964. The van der Waals surface area contributed by atoms with E-state index in [1.54, 1.807) is 0 Å². The second-order valence-electron chi connectivity index (χ2n) is 6.79. The maximum atomic E-state index is 11.7. The van der Waals surface area contributed by atoms with Crippen molar-refractivity contribution in [1.29, 1.82) is 0 Å². The molecule has 0 bridgehead atoms. The molecule has 2 heteroatoms. The van der Waals surface area contributed by atoms with Crippen molar-refractivity contribution in [3.05, 3.63) is 71.8 Å². The van der Waals surface area contributed by atoms with Crippen LogP contribution in [0.15, 0.2) is 60.7 Å². The summed E-state index contributed by atoms with van der Waals surface area (Å²) in [4.78, 5) is 0. The van der Waals surface area contributed by atoms with Gasteiger partial charge in [0.1, 0.15) is 5.60 Å². The second kappa shape index (κ2) is 7.29. The molecule has 0 radical (unpaired) electrons. The van der Waals surface area contributed by atoms with Crippen molar-refractivity contribution in [2.24, 2.45) is 5.92 Å². The van der Waals surface area contributed by atoms with Crippen LogP contribution in [0.2, 0.25) is 0 Å². The zero-order valence-electron chi connectivity index (χ0n) is 13.9. The predicted octanol–water partition coefficient (Wildman–Crippen LogP) is 4.09. The van der Waals surface area contributed by atoms with Crippen molar-refractivity contribution in [1.82, 2.24) is 5.32 Å². The Hall–Kier alpha value is -1.64. The molecule has 3 rings (SSSR count). The van der Waals surface area contributed by atoms with Gasteiger partial charge in [0.25, 0.3) is 0 Å². The highest BCUT2D eigenvalue weighted by atomic mass is 16.3. The molecule has 2 N–H and O–H groups in total. The van der Waals surface area contributed by atoms with Crippen LogP contribution in [0.5, 0.6) is 0 Å². The number of rotatable bonds is 6. The highest BCUT2D eigenvalue weighted by Crippen LogP contribution is 2.36. The molecule has 2 nitrogen and oxygen atoms in total. The molecule has 1 saturated carbocycles. The molecule has 0 aromatic heterocycles. The molecule has 1 unspecified atom stereocenters. The Balaban J connectivity index is 1.85. The molecule has 0 amide bonds. The van der Waals surface area contributed by atoms with E-state index >= 15 is 0 Å². The molecule has 1 aliphatic carbocycles. The molecule has 23 heavy (non-hydrogen) atoms. The molecule has 1 aliphatic rings. The van der Waals surface area contributed by atoms with E-state index < -0.39 is 5.60 Å². The highest BCUT2D eigenvalue weighted by molar-refractivity contribution is 5.36. The van der Waals surface area contributed by atoms with Crippen molar-refractivity contribution in [2.75, 3.05) is 6.54 Å². The standard InChI is InChI=1S/C21H27NO/c1-17(16-22-20-14-8-9-15-20)21(23,18-10-4-2-5-11-18)19-12-6-3-7-13-19/h2-7,10-13,17,20,22-23H,8-9,14-16H2,1H3. The van der Waals surface area contributed by atoms with Gasteiger partial charge in [0, 0.05) is 18.5 Å². The molecule has 2 aromatic carbocycles. The Morgan fingerprint density at radius 3 is 1.91 bits per heavy atom. The highest BCUT2D eigenvalue weighted by Gasteiger charge is 2.37. The Morgan fingerprint density at radius 2 is 1.43 bits per heavy atom. The van der Waals surface area contributed by atoms with Gasteiger partial charge in [0.15, 0.2) is 0 Å². The summed E-state index contributed by atoms with van der Waals surface area (Å²) in [7, 11) is 0. The summed E-state index contributed by atoms with van der Waals surface area (Å²) < 4.78 is 0. The molecule has 0 spiro atoms. The van der Waals surface area contributed by atoms with E-state index in [4.69, 9.17) is 0 Å². The van der Waals surface area contributed by atoms with E-state index in [2.05, 4.69) is 12.2 Å². The van der Waals surface area contributed by atoms with Crippen molar-refractivity contribution >= 4 is 0 Å². The average molecular weight is 309 g/mol. The van der Waals surface area contributed by atoms with Crippen LogP contribution in [0.25, 0.3) is 0 Å². The van der Waals surface area contributed by atoms with Gasteiger partial charge in [-0.1, -0.05) is 80.4 Å². The largest absolute Gasteiger partial charge is 0.380 e. The first kappa shape index (κ1) is 16.2. The maximum Gasteiger partial charge on any atom is 0.118 e. The molecule has 122 valence electrons. The lowest BCUT2D eigenvalue weighted by atomic mass is 9.77. The van der Waals surface area contributed by atoms with Crippen LogP contribution >= 0.6 is 0 Å². The third-order valence-corrected chi connectivity index (χ3v) is 5.21. The Kier molecular flexibility index (Phi) is 5.14. The third kappa shape index (κ3) is 3.49. The predicted molar refractivity (Wildman–Crippen MR) is 95.3 cm³/mol. The number of benzene rings is 2. The normalized spacial score (nSPS) is 17.3. The van der Waals surface area contributed by atoms with Crippen molar-refractivity contribution in [2.45, 2.75) is 44.2 Å². The van der Waals surface area contributed by atoms with Gasteiger partial charge in [-0.15, -0.1) is 0 Å². The quantitative estimate of drug-likeness (QED) is 0.842. The lowest BCUT2D eigenvalue weighted by Gasteiger charge is -2.36. The zero-order chi connectivity index (χ0) is 16.1. The zero-order valence-corrected chi connectivity index (χ0v) is 13.9. The minimum Gasteiger partial charge on any atom is -0.380 e. The molecule has 0 aliphatic heterocycles. The Labute approximate surface area is 139 Å². The van der Waals surface area contributed by atoms with Crippen LogP contribution in [-0.4, -0.2) is 17.7 Å². The summed E-state index contributed by atoms with van der Waals surface area (Å²) in [6.07, 6.45) is 5.19. The molecular formula is C21H27NO. The molecule has 1 atom stereocenters. The SMILES string of the molecule is CC(CNC1CCCC1)C(O)(c1ccccc1)c1ccccc1. The summed E-state index contributed by atoms with van der Waals surface area (Å²) in [5.41, 5.74) is 0.965. The fourth-order valence-electron chi connectivity index (χ4n) is 3.74. The fourth-order valence-corrected chi connectivity index (χ4v) is 3.74. The van der Waals surface area contributed by atoms with Crippen molar-refractivity contribution in [3.8, 4) is 0 Å². The van der Waals surface area contributed by atoms with Gasteiger partial charge < -0.3 is 10.4 Å². The minimum absolute atomic E-state index is 0.0906. The van der Waals surface area contributed by atoms with E-state index in [-0.39, 0.29) is 5.92 Å². The van der Waals surface area contributed by atoms with E-state index in [0.29, 0.717) is 6.04 Å². The number of hydrogen-bond acceptors (Lipinski definition) is 2. The lowest BCUT2D eigenvalue weighted by Crippen LogP contribution is -2.42. The summed E-state index contributed by atoms with van der Waals surface area (Å²) in [5, 5.41) is 15.3. The number of nitrogens with one attached hydrogen (secondary N) is 1. The van der Waals surface area contributed by atoms with Gasteiger partial charge >= 0.3 is 0 Å². The van der Waals surface area contributed by atoms with Gasteiger partial charge in [0.2, 0.25) is 0 Å². The van der Waals surface area contributed by atoms with E-state index in [9.17, 15) is 5.11 Å². The first-order chi connectivity index (χ1) is 11.2. The molecular weight excluding hydrogens is 282 g/mol. The van der Waals surface area contributed by atoms with Crippen molar-refractivity contribution < 1.29 is 5.11 Å². The van der Waals surface area contributed by atoms with E-state index in [1.165, 1.54) is 25.7 Å². The average Bonchev–Trinajstić information content (AvgIpc) is 3.14. The smallest absolute Gasteiger partial charge is 0.118 e. The molecule has 2 aromatic rings. The van der Waals surface area contributed by atoms with Crippen LogP contribution in [0, 0.1) is 5.92 Å². The lowest BCUT2D eigenvalue weighted by molar-refractivity contribution is 0.0231. The van der Waals surface area contributed by atoms with Gasteiger partial charge in [0.05, 0.1) is 0 Å². The number of aliphatic hydroxyl groups is 1. The monoisotopic (exact) mass is 309 g/mol. The number of hydrogen-bond donors (Lipinski definition) is 2. The third-order valence-electron chi connectivity index (χ3n) is 5.21. The summed E-state index contributed by atoms with van der Waals surface area (Å²) >= 11 is 0. The summed E-state index contributed by atoms with van der Waals surface area (Å²) in [5.74, 6) is 0.0906. The molecule has 0 saturated heterocycles. The van der Waals surface area contributed by atoms with Crippen LogP contribution < -0.4 is 5.32 Å². The molecule has 1 fully saturated rings. The van der Waals surface area contributed by atoms with E-state index in [0.717, 1.165) is 17.7 Å². The second-order valence-corrected chi connectivity index (χ2v) is 6.79. The van der Waals surface area contributed by atoms with Gasteiger partial charge in [-0.05, 0) is 24.0 Å². The van der Waals surface area contributed by atoms with Crippen molar-refractivity contribution in [3.63, 3.8) is 0 Å². The fraction of sp³-hybridized carbons (Fsp3) is 0.429. The maximum absolute atomic E-state index is 11.7. The van der Waals surface area contributed by atoms with E-state index in [1.807, 2.05) is 60.7 Å². The Bertz CT molecular complexity index is 550. The summed E-state index contributed by atoms with van der Waals surface area (Å²) in [6.45, 7) is 2.97. The van der Waals surface area contributed by atoms with Gasteiger partial charge in [-0.3, -0.25) is 0 Å².